The summed E-state index contributed by atoms with van der Waals surface area (Å²) < 4.78 is 5.31. The Balaban J connectivity index is 2.17. The van der Waals surface area contributed by atoms with Gasteiger partial charge in [0.1, 0.15) is 24.4 Å². The molecule has 0 amide bonds. The Morgan fingerprint density at radius 1 is 1.27 bits per heavy atom. The highest BCUT2D eigenvalue weighted by Gasteiger charge is 2.43. The lowest BCUT2D eigenvalue weighted by molar-refractivity contribution is -0.384. The van der Waals surface area contributed by atoms with E-state index in [0.29, 0.717) is 11.3 Å². The Bertz CT molecular complexity index is 551. The minimum absolute atomic E-state index is 0.0724. The van der Waals surface area contributed by atoms with Crippen molar-refractivity contribution in [2.45, 2.75) is 37.6 Å². The van der Waals surface area contributed by atoms with Gasteiger partial charge >= 0.3 is 0 Å². The fourth-order valence-corrected chi connectivity index (χ4v) is 2.30. The van der Waals surface area contributed by atoms with Crippen molar-refractivity contribution >= 4 is 11.4 Å². The van der Waals surface area contributed by atoms with Crippen molar-refractivity contribution in [3.63, 3.8) is 0 Å². The van der Waals surface area contributed by atoms with E-state index < -0.39 is 42.2 Å². The van der Waals surface area contributed by atoms with E-state index in [4.69, 9.17) is 9.84 Å². The number of nitrogens with one attached hydrogen (secondary N) is 1. The summed E-state index contributed by atoms with van der Waals surface area (Å²) in [5.41, 5.74) is 0.943. The summed E-state index contributed by atoms with van der Waals surface area (Å²) in [4.78, 5) is 10.2. The topological polar surface area (TPSA) is 145 Å². The van der Waals surface area contributed by atoms with Crippen LogP contribution in [0.3, 0.4) is 0 Å². The molecule has 0 aliphatic carbocycles. The maximum atomic E-state index is 10.7. The zero-order valence-electron chi connectivity index (χ0n) is 11.8. The number of hydrogen-bond acceptors (Lipinski definition) is 8. The van der Waals surface area contributed by atoms with Gasteiger partial charge in [-0.05, 0) is 18.6 Å². The molecule has 1 heterocycles. The number of anilines is 1. The summed E-state index contributed by atoms with van der Waals surface area (Å²) in [6, 6.07) is 4.10. The molecule has 2 rings (SSSR count). The number of hydrogen-bond donors (Lipinski definition) is 5. The maximum absolute atomic E-state index is 10.7. The molecule has 22 heavy (non-hydrogen) atoms. The lowest BCUT2D eigenvalue weighted by Crippen LogP contribution is -2.60. The second kappa shape index (κ2) is 6.55. The number of rotatable bonds is 4. The van der Waals surface area contributed by atoms with Crippen molar-refractivity contribution < 1.29 is 30.1 Å². The summed E-state index contributed by atoms with van der Waals surface area (Å²) in [6.07, 6.45) is -6.44. The molecule has 0 bridgehead atoms. The van der Waals surface area contributed by atoms with Crippen LogP contribution >= 0.6 is 0 Å². The first-order valence-corrected chi connectivity index (χ1v) is 6.67. The molecule has 1 aromatic carbocycles. The Morgan fingerprint density at radius 2 is 1.95 bits per heavy atom. The molecule has 0 unspecified atom stereocenters. The molecule has 9 nitrogen and oxygen atoms in total. The molecule has 1 aliphatic rings. The quantitative estimate of drug-likeness (QED) is 0.355. The zero-order chi connectivity index (χ0) is 16.4. The number of ether oxygens (including phenoxy) is 1. The normalized spacial score (nSPS) is 31.8. The zero-order valence-corrected chi connectivity index (χ0v) is 11.8. The average Bonchev–Trinajstić information content (AvgIpc) is 2.49. The molecule has 0 saturated carbocycles. The fourth-order valence-electron chi connectivity index (χ4n) is 2.30. The van der Waals surface area contributed by atoms with E-state index in [1.807, 2.05) is 0 Å². The van der Waals surface area contributed by atoms with Crippen LogP contribution in [0.15, 0.2) is 18.2 Å². The summed E-state index contributed by atoms with van der Waals surface area (Å²) in [5.74, 6) is 0. The smallest absolute Gasteiger partial charge is 0.269 e. The standard InChI is InChI=1S/C13H18N2O7/c1-6-4-7(15(20)21)2-3-8(6)14-13-12(19)11(18)10(17)9(5-16)22-13/h2-4,9-14,16-19H,5H2,1H3/t9-,10+,11+,12+,13-/m1/s1. The second-order valence-electron chi connectivity index (χ2n) is 5.15. The summed E-state index contributed by atoms with van der Waals surface area (Å²) in [7, 11) is 0. The number of aliphatic hydroxyl groups is 4. The van der Waals surface area contributed by atoms with Crippen LogP contribution in [0.4, 0.5) is 11.4 Å². The van der Waals surface area contributed by atoms with Gasteiger partial charge in [-0.3, -0.25) is 10.1 Å². The Labute approximate surface area is 125 Å². The molecule has 5 atom stereocenters. The average molecular weight is 314 g/mol. The first kappa shape index (κ1) is 16.6. The molecule has 0 radical (unpaired) electrons. The predicted octanol–water partition coefficient (Wildman–Crippen LogP) is -0.885. The van der Waals surface area contributed by atoms with Crippen molar-refractivity contribution in [1.82, 2.24) is 0 Å². The van der Waals surface area contributed by atoms with Gasteiger partial charge in [0.25, 0.3) is 5.69 Å². The minimum Gasteiger partial charge on any atom is -0.394 e. The number of nitro groups is 1. The van der Waals surface area contributed by atoms with Crippen LogP contribution in [-0.2, 0) is 4.74 Å². The molecule has 1 aromatic rings. The number of aliphatic hydroxyl groups excluding tert-OH is 4. The highest BCUT2D eigenvalue weighted by molar-refractivity contribution is 5.55. The first-order chi connectivity index (χ1) is 10.3. The van der Waals surface area contributed by atoms with E-state index in [1.165, 1.54) is 18.2 Å². The van der Waals surface area contributed by atoms with Gasteiger partial charge in [-0.25, -0.2) is 0 Å². The minimum atomic E-state index is -1.48. The lowest BCUT2D eigenvalue weighted by atomic mass is 9.98. The molecular weight excluding hydrogens is 296 g/mol. The number of nitro benzene ring substituents is 1. The molecule has 5 N–H and O–H groups in total. The fraction of sp³-hybridized carbons (Fsp3) is 0.538. The largest absolute Gasteiger partial charge is 0.394 e. The van der Waals surface area contributed by atoms with Crippen LogP contribution in [0.25, 0.3) is 0 Å². The first-order valence-electron chi connectivity index (χ1n) is 6.67. The molecular formula is C13H18N2O7. The monoisotopic (exact) mass is 314 g/mol. The van der Waals surface area contributed by atoms with Crippen molar-refractivity contribution in [2.24, 2.45) is 0 Å². The van der Waals surface area contributed by atoms with E-state index in [2.05, 4.69) is 5.32 Å². The Morgan fingerprint density at radius 3 is 2.50 bits per heavy atom. The number of nitrogens with zero attached hydrogens (tertiary/aromatic N) is 1. The van der Waals surface area contributed by atoms with Gasteiger partial charge in [-0.2, -0.15) is 0 Å². The third kappa shape index (κ3) is 3.18. The maximum Gasteiger partial charge on any atom is 0.269 e. The third-order valence-corrected chi connectivity index (χ3v) is 3.61. The third-order valence-electron chi connectivity index (χ3n) is 3.61. The number of benzene rings is 1. The van der Waals surface area contributed by atoms with E-state index >= 15 is 0 Å². The lowest BCUT2D eigenvalue weighted by Gasteiger charge is -2.40. The molecule has 1 fully saturated rings. The second-order valence-corrected chi connectivity index (χ2v) is 5.15. The van der Waals surface area contributed by atoms with E-state index in [9.17, 15) is 25.4 Å². The van der Waals surface area contributed by atoms with Gasteiger partial charge < -0.3 is 30.5 Å². The van der Waals surface area contributed by atoms with Crippen LogP contribution in [0.1, 0.15) is 5.56 Å². The van der Waals surface area contributed by atoms with Gasteiger partial charge in [0.15, 0.2) is 6.23 Å². The molecule has 0 spiro atoms. The summed E-state index contributed by atoms with van der Waals surface area (Å²) in [5, 5.41) is 52.0. The number of non-ortho nitro benzene ring substituents is 1. The number of aryl methyl sites for hydroxylation is 1. The van der Waals surface area contributed by atoms with Crippen LogP contribution in [0.2, 0.25) is 0 Å². The van der Waals surface area contributed by atoms with E-state index in [0.717, 1.165) is 0 Å². The summed E-state index contributed by atoms with van der Waals surface area (Å²) in [6.45, 7) is 1.11. The molecule has 1 saturated heterocycles. The van der Waals surface area contributed by atoms with Crippen LogP contribution < -0.4 is 5.32 Å². The summed E-state index contributed by atoms with van der Waals surface area (Å²) >= 11 is 0. The van der Waals surface area contributed by atoms with Gasteiger partial charge in [0.05, 0.1) is 11.5 Å². The Kier molecular flexibility index (Phi) is 4.94. The van der Waals surface area contributed by atoms with Crippen molar-refractivity contribution in [1.29, 1.82) is 0 Å². The van der Waals surface area contributed by atoms with Crippen LogP contribution in [0.5, 0.6) is 0 Å². The van der Waals surface area contributed by atoms with Crippen molar-refractivity contribution in [3.8, 4) is 0 Å². The van der Waals surface area contributed by atoms with E-state index in [-0.39, 0.29) is 5.69 Å². The molecule has 0 aromatic heterocycles. The van der Waals surface area contributed by atoms with Crippen LogP contribution in [0, 0.1) is 17.0 Å². The predicted molar refractivity (Wildman–Crippen MR) is 75.2 cm³/mol. The van der Waals surface area contributed by atoms with Gasteiger partial charge in [-0.1, -0.05) is 0 Å². The SMILES string of the molecule is Cc1cc([N+](=O)[O-])ccc1N[C@@H]1O[C@H](CO)[C@H](O)[C@H](O)[C@@H]1O. The molecule has 1 aliphatic heterocycles. The van der Waals surface area contributed by atoms with Gasteiger partial charge in [0.2, 0.25) is 0 Å². The van der Waals surface area contributed by atoms with E-state index in [1.54, 1.807) is 6.92 Å². The molecule has 122 valence electrons. The highest BCUT2D eigenvalue weighted by atomic mass is 16.6. The van der Waals surface area contributed by atoms with Crippen molar-refractivity contribution in [2.75, 3.05) is 11.9 Å². The molecule has 9 heteroatoms. The van der Waals surface area contributed by atoms with Gasteiger partial charge in [0, 0.05) is 17.8 Å². The Hall–Kier alpha value is -1.78. The van der Waals surface area contributed by atoms with Crippen LogP contribution in [-0.4, -0.2) is 62.6 Å². The van der Waals surface area contributed by atoms with Crippen molar-refractivity contribution in [3.05, 3.63) is 33.9 Å². The highest BCUT2D eigenvalue weighted by Crippen LogP contribution is 2.26. The van der Waals surface area contributed by atoms with Gasteiger partial charge in [-0.15, -0.1) is 0 Å².